The van der Waals surface area contributed by atoms with E-state index in [1.165, 1.54) is 0 Å². The molecule has 3 amide bonds. The number of carboxylic acid groups (broad SMARTS) is 3. The number of carbonyl (C=O) groups is 5. The number of alkyl carbamates (subject to hydrolysis) is 1. The number of hydrogen-bond acceptors (Lipinski definition) is 6. The number of benzene rings is 1. The zero-order valence-electron chi connectivity index (χ0n) is 18.9. The molecule has 2 atom stereocenters. The summed E-state index contributed by atoms with van der Waals surface area (Å²) in [7, 11) is 0. The van der Waals surface area contributed by atoms with Crippen molar-refractivity contribution in [3.63, 3.8) is 0 Å². The van der Waals surface area contributed by atoms with E-state index in [2.05, 4.69) is 10.6 Å². The second-order valence-corrected chi connectivity index (χ2v) is 7.40. The van der Waals surface area contributed by atoms with Crippen LogP contribution in [0.5, 0.6) is 0 Å². The zero-order chi connectivity index (χ0) is 25.5. The molecule has 0 radical (unpaired) electrons. The number of rotatable bonds is 15. The van der Waals surface area contributed by atoms with E-state index in [1.54, 1.807) is 6.92 Å². The molecule has 0 unspecified atom stereocenters. The fourth-order valence-corrected chi connectivity index (χ4v) is 3.10. The smallest absolute Gasteiger partial charge is 0.407 e. The maximum Gasteiger partial charge on any atom is 0.407 e. The quantitative estimate of drug-likeness (QED) is 0.233. The highest BCUT2D eigenvalue weighted by Crippen LogP contribution is 2.11. The summed E-state index contributed by atoms with van der Waals surface area (Å²) < 4.78 is 5.08. The largest absolute Gasteiger partial charge is 0.481 e. The third-order valence-electron chi connectivity index (χ3n) is 4.89. The number of urea groups is 1. The summed E-state index contributed by atoms with van der Waals surface area (Å²) in [6, 6.07) is 5.55. The highest BCUT2D eigenvalue weighted by molar-refractivity contribution is 5.86. The van der Waals surface area contributed by atoms with Gasteiger partial charge in [-0.2, -0.15) is 0 Å². The van der Waals surface area contributed by atoms with Crippen molar-refractivity contribution in [3.05, 3.63) is 35.9 Å². The normalized spacial score (nSPS) is 12.1. The standard InChI is InChI=1S/C22H31N3O9/c1-2-25(21(32)24-16(19(28)29)11-12-18(26)27)17(20(30)31)10-6-7-13-23-22(33)34-14-15-8-4-3-5-9-15/h3-5,8-9,16-17H,2,6-7,10-14H2,1H3,(H,23,33)(H,24,32)(H,26,27)(H,28,29)(H,30,31)/t16-,17-/m0/s1. The van der Waals surface area contributed by atoms with Crippen LogP contribution < -0.4 is 10.6 Å². The first kappa shape index (κ1) is 28.2. The molecule has 0 aliphatic carbocycles. The Bertz CT molecular complexity index is 832. The van der Waals surface area contributed by atoms with E-state index in [1.807, 2.05) is 30.3 Å². The summed E-state index contributed by atoms with van der Waals surface area (Å²) in [5.74, 6) is -3.89. The average Bonchev–Trinajstić information content (AvgIpc) is 2.79. The van der Waals surface area contributed by atoms with Gasteiger partial charge in [0.05, 0.1) is 0 Å². The lowest BCUT2D eigenvalue weighted by Crippen LogP contribution is -2.53. The first-order chi connectivity index (χ1) is 16.1. The molecule has 0 heterocycles. The Morgan fingerprint density at radius 3 is 2.21 bits per heavy atom. The van der Waals surface area contributed by atoms with Crippen LogP contribution in [0.3, 0.4) is 0 Å². The van der Waals surface area contributed by atoms with Crippen LogP contribution >= 0.6 is 0 Å². The summed E-state index contributed by atoms with van der Waals surface area (Å²) in [6.07, 6.45) is -0.538. The Kier molecular flexibility index (Phi) is 12.5. The lowest BCUT2D eigenvalue weighted by atomic mass is 10.1. The van der Waals surface area contributed by atoms with Gasteiger partial charge in [0.15, 0.2) is 0 Å². The number of ether oxygens (including phenoxy) is 1. The number of amides is 3. The topological polar surface area (TPSA) is 183 Å². The molecular formula is C22H31N3O9. The number of carboxylic acids is 3. The van der Waals surface area contributed by atoms with Crippen LogP contribution in [0, 0.1) is 0 Å². The van der Waals surface area contributed by atoms with Gasteiger partial charge in [-0.3, -0.25) is 4.79 Å². The van der Waals surface area contributed by atoms with Crippen LogP contribution in [-0.2, 0) is 25.7 Å². The summed E-state index contributed by atoms with van der Waals surface area (Å²) in [4.78, 5) is 59.0. The molecule has 0 spiro atoms. The lowest BCUT2D eigenvalue weighted by molar-refractivity contribution is -0.142. The monoisotopic (exact) mass is 481 g/mol. The SMILES string of the molecule is CCN(C(=O)N[C@@H](CCC(=O)O)C(=O)O)[C@@H](CCCCNC(=O)OCc1ccccc1)C(=O)O. The maximum absolute atomic E-state index is 12.5. The van der Waals surface area contributed by atoms with Crippen molar-refractivity contribution in [2.24, 2.45) is 0 Å². The second-order valence-electron chi connectivity index (χ2n) is 7.40. The molecule has 5 N–H and O–H groups in total. The molecule has 0 aliphatic heterocycles. The van der Waals surface area contributed by atoms with E-state index in [4.69, 9.17) is 9.84 Å². The van der Waals surface area contributed by atoms with Crippen molar-refractivity contribution in [3.8, 4) is 0 Å². The molecule has 0 bridgehead atoms. The van der Waals surface area contributed by atoms with Gasteiger partial charge in [0, 0.05) is 19.5 Å². The van der Waals surface area contributed by atoms with Gasteiger partial charge in [-0.05, 0) is 38.2 Å². The minimum atomic E-state index is -1.46. The van der Waals surface area contributed by atoms with E-state index in [0.717, 1.165) is 10.5 Å². The Labute approximate surface area is 196 Å². The maximum atomic E-state index is 12.5. The van der Waals surface area contributed by atoms with Crippen molar-refractivity contribution >= 4 is 30.0 Å². The molecule has 34 heavy (non-hydrogen) atoms. The first-order valence-electron chi connectivity index (χ1n) is 10.8. The molecule has 1 rings (SSSR count). The molecule has 12 nitrogen and oxygen atoms in total. The predicted molar refractivity (Wildman–Crippen MR) is 119 cm³/mol. The van der Waals surface area contributed by atoms with Crippen molar-refractivity contribution < 1.29 is 44.0 Å². The van der Waals surface area contributed by atoms with Crippen molar-refractivity contribution in [1.82, 2.24) is 15.5 Å². The molecule has 0 saturated carbocycles. The number of nitrogens with zero attached hydrogens (tertiary/aromatic N) is 1. The van der Waals surface area contributed by atoms with E-state index in [9.17, 15) is 34.2 Å². The van der Waals surface area contributed by atoms with Gasteiger partial charge in [-0.25, -0.2) is 19.2 Å². The number of carbonyl (C=O) groups excluding carboxylic acids is 2. The number of likely N-dealkylation sites (N-methyl/N-ethyl adjacent to an activating group) is 1. The summed E-state index contributed by atoms with van der Waals surface area (Å²) in [6.45, 7) is 1.91. The lowest BCUT2D eigenvalue weighted by Gasteiger charge is -2.29. The van der Waals surface area contributed by atoms with Gasteiger partial charge >= 0.3 is 30.0 Å². The predicted octanol–water partition coefficient (Wildman–Crippen LogP) is 1.89. The molecule has 0 fully saturated rings. The van der Waals surface area contributed by atoms with E-state index >= 15 is 0 Å². The Morgan fingerprint density at radius 1 is 0.971 bits per heavy atom. The van der Waals surface area contributed by atoms with Gasteiger partial charge in [-0.1, -0.05) is 30.3 Å². The molecule has 0 saturated heterocycles. The van der Waals surface area contributed by atoms with Crippen molar-refractivity contribution in [2.75, 3.05) is 13.1 Å². The first-order valence-corrected chi connectivity index (χ1v) is 10.8. The number of unbranched alkanes of at least 4 members (excludes halogenated alkanes) is 1. The van der Waals surface area contributed by atoms with E-state index in [0.29, 0.717) is 12.8 Å². The molecule has 12 heteroatoms. The third kappa shape index (κ3) is 10.7. The Balaban J connectivity index is 2.49. The highest BCUT2D eigenvalue weighted by atomic mass is 16.5. The zero-order valence-corrected chi connectivity index (χ0v) is 18.9. The van der Waals surface area contributed by atoms with Crippen LogP contribution in [0.25, 0.3) is 0 Å². The van der Waals surface area contributed by atoms with Crippen LogP contribution in [0.4, 0.5) is 9.59 Å². The van der Waals surface area contributed by atoms with Gasteiger partial charge in [0.25, 0.3) is 0 Å². The summed E-state index contributed by atoms with van der Waals surface area (Å²) >= 11 is 0. The molecule has 188 valence electrons. The number of hydrogen-bond donors (Lipinski definition) is 5. The number of aliphatic carboxylic acids is 3. The molecule has 1 aromatic rings. The van der Waals surface area contributed by atoms with Crippen molar-refractivity contribution in [1.29, 1.82) is 0 Å². The second kappa shape index (κ2) is 15.1. The summed E-state index contributed by atoms with van der Waals surface area (Å²) in [5, 5.41) is 32.2. The molecule has 0 aromatic heterocycles. The van der Waals surface area contributed by atoms with Crippen LogP contribution in [0.15, 0.2) is 30.3 Å². The minimum absolute atomic E-state index is 0.00185. The van der Waals surface area contributed by atoms with E-state index in [-0.39, 0.29) is 32.5 Å². The van der Waals surface area contributed by atoms with E-state index < -0.39 is 48.5 Å². The fraction of sp³-hybridized carbons (Fsp3) is 0.500. The third-order valence-corrected chi connectivity index (χ3v) is 4.89. The van der Waals surface area contributed by atoms with Crippen LogP contribution in [0.1, 0.15) is 44.6 Å². The molecule has 1 aromatic carbocycles. The molecular weight excluding hydrogens is 450 g/mol. The Morgan fingerprint density at radius 2 is 1.65 bits per heavy atom. The van der Waals surface area contributed by atoms with Gasteiger partial charge in [0.1, 0.15) is 18.7 Å². The van der Waals surface area contributed by atoms with Crippen molar-refractivity contribution in [2.45, 2.75) is 57.7 Å². The number of nitrogens with one attached hydrogen (secondary N) is 2. The molecule has 0 aliphatic rings. The fourth-order valence-electron chi connectivity index (χ4n) is 3.10. The van der Waals surface area contributed by atoms with Crippen LogP contribution in [0.2, 0.25) is 0 Å². The highest BCUT2D eigenvalue weighted by Gasteiger charge is 2.31. The minimum Gasteiger partial charge on any atom is -0.481 e. The summed E-state index contributed by atoms with van der Waals surface area (Å²) in [5.41, 5.74) is 0.841. The van der Waals surface area contributed by atoms with Gasteiger partial charge in [-0.15, -0.1) is 0 Å². The Hall–Kier alpha value is -3.83. The van der Waals surface area contributed by atoms with Gasteiger partial charge < -0.3 is 35.6 Å². The van der Waals surface area contributed by atoms with Gasteiger partial charge in [0.2, 0.25) is 0 Å². The van der Waals surface area contributed by atoms with Crippen LogP contribution in [-0.4, -0.2) is 75.4 Å². The average molecular weight is 482 g/mol.